The molecule has 0 aromatic heterocycles. The fourth-order valence-corrected chi connectivity index (χ4v) is 1.73. The summed E-state index contributed by atoms with van der Waals surface area (Å²) >= 11 is 0. The maximum absolute atomic E-state index is 5.75. The minimum atomic E-state index is 0.0652. The van der Waals surface area contributed by atoms with Gasteiger partial charge in [-0.15, -0.1) is 0 Å². The normalized spacial score (nSPS) is 12.2. The van der Waals surface area contributed by atoms with Crippen molar-refractivity contribution < 1.29 is 14.2 Å². The van der Waals surface area contributed by atoms with E-state index in [-0.39, 0.29) is 6.10 Å². The van der Waals surface area contributed by atoms with Crippen LogP contribution >= 0.6 is 0 Å². The highest BCUT2D eigenvalue weighted by Crippen LogP contribution is 2.28. The molecule has 0 amide bonds. The lowest BCUT2D eigenvalue weighted by atomic mass is 10.2. The van der Waals surface area contributed by atoms with Gasteiger partial charge >= 0.3 is 0 Å². The molecule has 4 nitrogen and oxygen atoms in total. The van der Waals surface area contributed by atoms with Gasteiger partial charge in [-0.3, -0.25) is 0 Å². The molecular weight excluding hydrogens is 254 g/mol. The molecule has 0 saturated carbocycles. The maximum Gasteiger partial charge on any atom is 0.161 e. The summed E-state index contributed by atoms with van der Waals surface area (Å²) in [5.41, 5.74) is 1.20. The molecule has 20 heavy (non-hydrogen) atoms. The van der Waals surface area contributed by atoms with Crippen molar-refractivity contribution in [2.24, 2.45) is 0 Å². The van der Waals surface area contributed by atoms with Gasteiger partial charge in [0.25, 0.3) is 0 Å². The molecule has 0 radical (unpaired) electrons. The predicted octanol–water partition coefficient (Wildman–Crippen LogP) is 3.00. The Labute approximate surface area is 122 Å². The molecule has 0 aliphatic heterocycles. The minimum Gasteiger partial charge on any atom is -0.490 e. The first-order valence-electron chi connectivity index (χ1n) is 7.33. The van der Waals surface area contributed by atoms with Crippen molar-refractivity contribution in [2.75, 3.05) is 26.9 Å². The van der Waals surface area contributed by atoms with Crippen LogP contribution in [-0.4, -0.2) is 33.0 Å². The Morgan fingerprint density at radius 3 is 2.60 bits per heavy atom. The highest BCUT2D eigenvalue weighted by atomic mass is 16.5. The van der Waals surface area contributed by atoms with Gasteiger partial charge in [0, 0.05) is 13.7 Å². The Kier molecular flexibility index (Phi) is 8.07. The average Bonchev–Trinajstić information content (AvgIpc) is 2.46. The van der Waals surface area contributed by atoms with Gasteiger partial charge in [-0.2, -0.15) is 0 Å². The first-order chi connectivity index (χ1) is 9.71. The first kappa shape index (κ1) is 16.8. The number of hydrogen-bond donors (Lipinski definition) is 1. The van der Waals surface area contributed by atoms with E-state index in [1.54, 1.807) is 7.11 Å². The van der Waals surface area contributed by atoms with Gasteiger partial charge in [-0.1, -0.05) is 13.0 Å². The zero-order valence-electron chi connectivity index (χ0n) is 13.1. The molecule has 0 aliphatic rings. The fourth-order valence-electron chi connectivity index (χ4n) is 1.73. The topological polar surface area (TPSA) is 39.7 Å². The molecular formula is C16H27NO3. The van der Waals surface area contributed by atoms with Gasteiger partial charge < -0.3 is 19.5 Å². The third-order valence-corrected chi connectivity index (χ3v) is 2.94. The van der Waals surface area contributed by atoms with Crippen LogP contribution in [-0.2, 0) is 11.3 Å². The summed E-state index contributed by atoms with van der Waals surface area (Å²) in [6.07, 6.45) is 1.20. The van der Waals surface area contributed by atoms with Crippen LogP contribution in [0.4, 0.5) is 0 Å². The van der Waals surface area contributed by atoms with E-state index >= 15 is 0 Å². The summed E-state index contributed by atoms with van der Waals surface area (Å²) in [5, 5.41) is 3.38. The van der Waals surface area contributed by atoms with Crippen LogP contribution in [0.15, 0.2) is 18.2 Å². The van der Waals surface area contributed by atoms with Crippen molar-refractivity contribution in [3.05, 3.63) is 23.8 Å². The van der Waals surface area contributed by atoms with Crippen LogP contribution in [0.2, 0.25) is 0 Å². The van der Waals surface area contributed by atoms with Crippen molar-refractivity contribution in [2.45, 2.75) is 39.8 Å². The Balaban J connectivity index is 2.68. The molecule has 1 aromatic carbocycles. The van der Waals surface area contributed by atoms with Crippen LogP contribution in [0.3, 0.4) is 0 Å². The van der Waals surface area contributed by atoms with Crippen molar-refractivity contribution in [1.82, 2.24) is 5.32 Å². The lowest BCUT2D eigenvalue weighted by Crippen LogP contribution is -2.17. The molecule has 1 aromatic rings. The van der Waals surface area contributed by atoms with Crippen LogP contribution in [0.1, 0.15) is 32.8 Å². The van der Waals surface area contributed by atoms with Gasteiger partial charge in [-0.05, 0) is 44.5 Å². The fraction of sp³-hybridized carbons (Fsp3) is 0.625. The molecule has 0 fully saturated rings. The SMILES string of the molecule is CCCNCc1ccc(OCC(C)OC)c(OCC)c1. The second-order valence-corrected chi connectivity index (χ2v) is 4.75. The van der Waals surface area contributed by atoms with Gasteiger partial charge in [0.05, 0.1) is 12.7 Å². The molecule has 1 unspecified atom stereocenters. The van der Waals surface area contributed by atoms with E-state index in [9.17, 15) is 0 Å². The van der Waals surface area contributed by atoms with Crippen molar-refractivity contribution in [3.63, 3.8) is 0 Å². The molecule has 4 heteroatoms. The quantitative estimate of drug-likeness (QED) is 0.669. The first-order valence-corrected chi connectivity index (χ1v) is 7.33. The molecule has 1 atom stereocenters. The maximum atomic E-state index is 5.75. The van der Waals surface area contributed by atoms with Gasteiger partial charge in [0.2, 0.25) is 0 Å². The van der Waals surface area contributed by atoms with E-state index < -0.39 is 0 Å². The van der Waals surface area contributed by atoms with Crippen LogP contribution < -0.4 is 14.8 Å². The monoisotopic (exact) mass is 281 g/mol. The summed E-state index contributed by atoms with van der Waals surface area (Å²) in [5.74, 6) is 1.57. The molecule has 0 saturated heterocycles. The van der Waals surface area contributed by atoms with Gasteiger partial charge in [0.1, 0.15) is 6.61 Å². The van der Waals surface area contributed by atoms with Crippen LogP contribution in [0.5, 0.6) is 11.5 Å². The predicted molar refractivity (Wildman–Crippen MR) is 81.6 cm³/mol. The second-order valence-electron chi connectivity index (χ2n) is 4.75. The van der Waals surface area contributed by atoms with Crippen molar-refractivity contribution in [1.29, 1.82) is 0 Å². The van der Waals surface area contributed by atoms with E-state index in [0.717, 1.165) is 31.0 Å². The molecule has 0 aliphatic carbocycles. The summed E-state index contributed by atoms with van der Waals surface area (Å²) in [6.45, 7) is 9.13. The van der Waals surface area contributed by atoms with Gasteiger partial charge in [0.15, 0.2) is 11.5 Å². The molecule has 1 rings (SSSR count). The van der Waals surface area contributed by atoms with E-state index in [1.807, 2.05) is 26.0 Å². The van der Waals surface area contributed by atoms with Crippen molar-refractivity contribution >= 4 is 0 Å². The number of methoxy groups -OCH3 is 1. The Morgan fingerprint density at radius 1 is 1.15 bits per heavy atom. The Bertz CT molecular complexity index is 382. The van der Waals surface area contributed by atoms with E-state index in [0.29, 0.717) is 13.2 Å². The van der Waals surface area contributed by atoms with E-state index in [1.165, 1.54) is 5.56 Å². The van der Waals surface area contributed by atoms with Crippen molar-refractivity contribution in [3.8, 4) is 11.5 Å². The molecule has 1 N–H and O–H groups in total. The average molecular weight is 281 g/mol. The molecule has 0 heterocycles. The summed E-state index contributed by atoms with van der Waals surface area (Å²) < 4.78 is 16.6. The molecule has 114 valence electrons. The minimum absolute atomic E-state index is 0.0652. The van der Waals surface area contributed by atoms with Crippen LogP contribution in [0, 0.1) is 0 Å². The lowest BCUT2D eigenvalue weighted by Gasteiger charge is -2.16. The third-order valence-electron chi connectivity index (χ3n) is 2.94. The molecule has 0 spiro atoms. The summed E-state index contributed by atoms with van der Waals surface area (Å²) in [4.78, 5) is 0. The second kappa shape index (κ2) is 9.61. The van der Waals surface area contributed by atoms with Gasteiger partial charge in [-0.25, -0.2) is 0 Å². The lowest BCUT2D eigenvalue weighted by molar-refractivity contribution is 0.0703. The highest BCUT2D eigenvalue weighted by Gasteiger charge is 2.08. The largest absolute Gasteiger partial charge is 0.490 e. The number of rotatable bonds is 10. The Hall–Kier alpha value is -1.26. The van der Waals surface area contributed by atoms with Crippen LogP contribution in [0.25, 0.3) is 0 Å². The zero-order valence-corrected chi connectivity index (χ0v) is 13.1. The smallest absolute Gasteiger partial charge is 0.161 e. The van der Waals surface area contributed by atoms with E-state index in [4.69, 9.17) is 14.2 Å². The highest BCUT2D eigenvalue weighted by molar-refractivity contribution is 5.43. The number of ether oxygens (including phenoxy) is 3. The standard InChI is InChI=1S/C16H27NO3/c1-5-9-17-11-14-7-8-15(16(10-14)19-6-2)20-12-13(3)18-4/h7-8,10,13,17H,5-6,9,11-12H2,1-4H3. The molecule has 0 bridgehead atoms. The zero-order chi connectivity index (χ0) is 14.8. The summed E-state index contributed by atoms with van der Waals surface area (Å²) in [6, 6.07) is 6.08. The summed E-state index contributed by atoms with van der Waals surface area (Å²) in [7, 11) is 1.68. The third kappa shape index (κ3) is 5.80. The number of hydrogen-bond acceptors (Lipinski definition) is 4. The Morgan fingerprint density at radius 2 is 1.95 bits per heavy atom. The number of benzene rings is 1. The van der Waals surface area contributed by atoms with E-state index in [2.05, 4.69) is 18.3 Å². The number of nitrogens with one attached hydrogen (secondary N) is 1.